The molecule has 6 nitrogen and oxygen atoms in total. The minimum absolute atomic E-state index is 0. The summed E-state index contributed by atoms with van der Waals surface area (Å²) in [5, 5.41) is 13.1. The molecule has 2 aliphatic rings. The van der Waals surface area contributed by atoms with Crippen molar-refractivity contribution in [1.82, 2.24) is 5.32 Å². The van der Waals surface area contributed by atoms with Gasteiger partial charge in [-0.3, -0.25) is 4.79 Å². The van der Waals surface area contributed by atoms with Crippen molar-refractivity contribution >= 4 is 21.7 Å². The predicted molar refractivity (Wildman–Crippen MR) is 65.6 cm³/mol. The fraction of sp³-hybridized carbons (Fsp3) is 0.833. The maximum atomic E-state index is 11.9. The molecule has 2 rings (SSSR count). The molecular weight excluding hydrogens is 293 g/mol. The first-order valence-corrected chi connectivity index (χ1v) is 8.44. The van der Waals surface area contributed by atoms with Crippen LogP contribution in [0.4, 0.5) is 0 Å². The van der Waals surface area contributed by atoms with Crippen molar-refractivity contribution in [3.05, 3.63) is 0 Å². The van der Waals surface area contributed by atoms with Crippen molar-refractivity contribution < 1.29 is 52.7 Å². The van der Waals surface area contributed by atoms with Crippen LogP contribution in [0, 0.1) is 11.8 Å². The van der Waals surface area contributed by atoms with Crippen molar-refractivity contribution in [2.24, 2.45) is 11.8 Å². The average Bonchev–Trinajstić information content (AvgIpc) is 2.62. The van der Waals surface area contributed by atoms with Crippen molar-refractivity contribution in [3.63, 3.8) is 0 Å². The van der Waals surface area contributed by atoms with Crippen LogP contribution in [-0.2, 0) is 19.4 Å². The van der Waals surface area contributed by atoms with Gasteiger partial charge in [-0.25, -0.2) is 8.42 Å². The van der Waals surface area contributed by atoms with Crippen LogP contribution in [0.5, 0.6) is 0 Å². The molecule has 0 heterocycles. The average molecular weight is 311 g/mol. The van der Waals surface area contributed by atoms with Gasteiger partial charge in [0.2, 0.25) is 5.91 Å². The summed E-state index contributed by atoms with van der Waals surface area (Å²) in [6.07, 6.45) is 3.86. The van der Waals surface area contributed by atoms with Crippen molar-refractivity contribution in [2.75, 3.05) is 6.26 Å². The summed E-state index contributed by atoms with van der Waals surface area (Å²) >= 11 is 0. The largest absolute Gasteiger partial charge is 1.00 e. The Morgan fingerprint density at radius 1 is 1.10 bits per heavy atom. The third-order valence-corrected chi connectivity index (χ3v) is 5.89. The van der Waals surface area contributed by atoms with E-state index in [9.17, 15) is 23.1 Å². The first-order valence-electron chi connectivity index (χ1n) is 6.49. The van der Waals surface area contributed by atoms with Crippen LogP contribution < -0.4 is 40.0 Å². The van der Waals surface area contributed by atoms with Gasteiger partial charge in [-0.15, -0.1) is 0 Å². The molecule has 108 valence electrons. The Hall–Kier alpha value is -0.110. The van der Waals surface area contributed by atoms with Gasteiger partial charge in [-0.2, -0.15) is 0 Å². The zero-order chi connectivity index (χ0) is 14.2. The first kappa shape index (κ1) is 17.9. The van der Waals surface area contributed by atoms with Crippen LogP contribution in [0.15, 0.2) is 0 Å². The minimum Gasteiger partial charge on any atom is -0.550 e. The number of hydrogen-bond acceptors (Lipinski definition) is 5. The van der Waals surface area contributed by atoms with Gasteiger partial charge in [0.25, 0.3) is 0 Å². The Morgan fingerprint density at radius 2 is 1.70 bits per heavy atom. The van der Waals surface area contributed by atoms with Crippen molar-refractivity contribution in [3.8, 4) is 0 Å². The quantitative estimate of drug-likeness (QED) is 0.531. The first-order chi connectivity index (χ1) is 8.79. The molecule has 0 aliphatic heterocycles. The number of carbonyl (C=O) groups is 2. The van der Waals surface area contributed by atoms with Crippen LogP contribution in [0.1, 0.15) is 32.1 Å². The third-order valence-electron chi connectivity index (χ3n) is 4.25. The second-order valence-electron chi connectivity index (χ2n) is 5.58. The number of carboxylic acids is 1. The van der Waals surface area contributed by atoms with Crippen molar-refractivity contribution in [1.29, 1.82) is 0 Å². The summed E-state index contributed by atoms with van der Waals surface area (Å²) < 4.78 is 22.8. The molecular formula is C12H18NNaO5S. The van der Waals surface area contributed by atoms with Crippen LogP contribution in [0.3, 0.4) is 0 Å². The zero-order valence-electron chi connectivity index (χ0n) is 11.8. The number of hydrogen-bond donors (Lipinski definition) is 1. The van der Waals surface area contributed by atoms with Gasteiger partial charge in [-0.05, 0) is 32.1 Å². The normalized spacial score (nSPS) is 32.9. The fourth-order valence-corrected chi connectivity index (χ4v) is 4.01. The molecule has 20 heavy (non-hydrogen) atoms. The smallest absolute Gasteiger partial charge is 0.550 e. The van der Waals surface area contributed by atoms with Crippen LogP contribution >= 0.6 is 0 Å². The number of amides is 1. The van der Waals surface area contributed by atoms with E-state index < -0.39 is 32.9 Å². The molecule has 2 saturated carbocycles. The molecule has 1 amide bonds. The number of nitrogens with one attached hydrogen (secondary N) is 1. The summed E-state index contributed by atoms with van der Waals surface area (Å²) in [7, 11) is -3.06. The molecule has 0 bridgehead atoms. The molecule has 0 aromatic carbocycles. The van der Waals surface area contributed by atoms with E-state index in [1.54, 1.807) is 0 Å². The summed E-state index contributed by atoms with van der Waals surface area (Å²) in [6.45, 7) is 0. The van der Waals surface area contributed by atoms with E-state index in [0.29, 0.717) is 32.1 Å². The SMILES string of the molecule is CS(=O)(=O)C1CCC(NC(=O)[C@@H]2CC[C@@H]2C(=O)[O-])C1.[Na+]. The summed E-state index contributed by atoms with van der Waals surface area (Å²) in [5.74, 6) is -2.65. The molecule has 1 N–H and O–H groups in total. The van der Waals surface area contributed by atoms with E-state index in [-0.39, 0.29) is 41.5 Å². The Labute approximate surface area is 140 Å². The molecule has 2 fully saturated rings. The van der Waals surface area contributed by atoms with E-state index in [1.807, 2.05) is 0 Å². The molecule has 0 spiro atoms. The van der Waals surface area contributed by atoms with E-state index >= 15 is 0 Å². The van der Waals surface area contributed by atoms with Gasteiger partial charge < -0.3 is 15.2 Å². The van der Waals surface area contributed by atoms with E-state index in [2.05, 4.69) is 5.32 Å². The van der Waals surface area contributed by atoms with Crippen LogP contribution in [0.25, 0.3) is 0 Å². The van der Waals surface area contributed by atoms with Gasteiger partial charge in [0.05, 0.1) is 5.25 Å². The second-order valence-corrected chi connectivity index (χ2v) is 7.91. The monoisotopic (exact) mass is 311 g/mol. The van der Waals surface area contributed by atoms with E-state index in [4.69, 9.17) is 0 Å². The number of rotatable bonds is 4. The van der Waals surface area contributed by atoms with Crippen molar-refractivity contribution in [2.45, 2.75) is 43.4 Å². The van der Waals surface area contributed by atoms with E-state index in [1.165, 1.54) is 6.26 Å². The van der Waals surface area contributed by atoms with Gasteiger partial charge >= 0.3 is 29.6 Å². The molecule has 2 unspecified atom stereocenters. The summed E-state index contributed by atoms with van der Waals surface area (Å²) in [6, 6.07) is -0.157. The molecule has 0 aromatic rings. The Morgan fingerprint density at radius 3 is 2.10 bits per heavy atom. The van der Waals surface area contributed by atoms with Gasteiger partial charge in [0.1, 0.15) is 9.84 Å². The molecule has 8 heteroatoms. The summed E-state index contributed by atoms with van der Waals surface area (Å²) in [4.78, 5) is 22.6. The van der Waals surface area contributed by atoms with E-state index in [0.717, 1.165) is 0 Å². The standard InChI is InChI=1S/C12H19NO5S.Na/c1-19(17,18)8-3-2-7(6-8)13-11(14)9-4-5-10(9)12(15)16;/h7-10H,2-6H2,1H3,(H,13,14)(H,15,16);/q;+1/p-1/t7?,8?,9-,10+;/m1./s1. The van der Waals surface area contributed by atoms with Crippen LogP contribution in [-0.4, -0.2) is 37.8 Å². The van der Waals surface area contributed by atoms with Gasteiger partial charge in [0.15, 0.2) is 0 Å². The number of carboxylic acid groups (broad SMARTS) is 1. The zero-order valence-corrected chi connectivity index (χ0v) is 14.6. The Balaban J connectivity index is 0.00000200. The molecule has 4 atom stereocenters. The number of sulfone groups is 1. The molecule has 0 radical (unpaired) electrons. The predicted octanol–water partition coefficient (Wildman–Crippen LogP) is -4.15. The topological polar surface area (TPSA) is 103 Å². The molecule has 2 aliphatic carbocycles. The second kappa shape index (κ2) is 6.77. The fourth-order valence-electron chi connectivity index (χ4n) is 2.86. The molecule has 0 aromatic heterocycles. The number of carbonyl (C=O) groups excluding carboxylic acids is 2. The van der Waals surface area contributed by atoms with Gasteiger partial charge in [0, 0.05) is 30.1 Å². The Kier molecular flexibility index (Phi) is 6.07. The maximum Gasteiger partial charge on any atom is 1.00 e. The third kappa shape index (κ3) is 3.96. The van der Waals surface area contributed by atoms with Crippen LogP contribution in [0.2, 0.25) is 0 Å². The maximum absolute atomic E-state index is 11.9. The molecule has 0 saturated heterocycles. The Bertz CT molecular complexity index is 492. The summed E-state index contributed by atoms with van der Waals surface area (Å²) in [5.41, 5.74) is 0. The minimum atomic E-state index is -3.06. The number of aliphatic carboxylic acids is 1. The van der Waals surface area contributed by atoms with Gasteiger partial charge in [-0.1, -0.05) is 0 Å².